The van der Waals surface area contributed by atoms with Crippen molar-refractivity contribution < 1.29 is 32.2 Å². The molecule has 1 amide bonds. The molecule has 1 heterocycles. The van der Waals surface area contributed by atoms with Gasteiger partial charge in [-0.25, -0.2) is 10.2 Å². The van der Waals surface area contributed by atoms with Crippen LogP contribution >= 0.6 is 22.6 Å². The zero-order valence-electron chi connectivity index (χ0n) is 22.5. The van der Waals surface area contributed by atoms with Crippen molar-refractivity contribution in [3.05, 3.63) is 117 Å². The van der Waals surface area contributed by atoms with Crippen LogP contribution in [-0.4, -0.2) is 29.7 Å². The maximum absolute atomic E-state index is 13.2. The Morgan fingerprint density at radius 2 is 1.74 bits per heavy atom. The first-order chi connectivity index (χ1) is 20.6. The van der Waals surface area contributed by atoms with Crippen molar-refractivity contribution in [2.24, 2.45) is 5.10 Å². The minimum atomic E-state index is -4.60. The molecular weight excluding hydrogens is 674 g/mol. The minimum absolute atomic E-state index is 0.0191. The Bertz CT molecular complexity index is 1840. The largest absolute Gasteiger partial charge is 0.490 e. The maximum atomic E-state index is 13.2. The number of aromatic nitrogens is 1. The predicted octanol–water partition coefficient (Wildman–Crippen LogP) is 7.84. The fraction of sp³-hybridized carbons (Fsp3) is 0.0938. The summed E-state index contributed by atoms with van der Waals surface area (Å²) in [5.41, 5.74) is 4.64. The summed E-state index contributed by atoms with van der Waals surface area (Å²) in [6.07, 6.45) is -3.20. The van der Waals surface area contributed by atoms with Crippen LogP contribution in [0.4, 0.5) is 13.2 Å². The smallest absolute Gasteiger partial charge is 0.416 e. The van der Waals surface area contributed by atoms with Crippen LogP contribution in [0, 0.1) is 3.57 Å². The summed E-state index contributed by atoms with van der Waals surface area (Å²) in [5.74, 6) is -1.22. The first-order valence-electron chi connectivity index (χ1n) is 13.0. The van der Waals surface area contributed by atoms with Gasteiger partial charge in [-0.15, -0.1) is 0 Å². The molecule has 0 atom stereocenters. The molecule has 0 saturated carbocycles. The number of nitrogens with one attached hydrogen (secondary N) is 2. The van der Waals surface area contributed by atoms with E-state index in [-0.39, 0.29) is 23.7 Å². The van der Waals surface area contributed by atoms with Crippen molar-refractivity contribution in [3.63, 3.8) is 0 Å². The Hall–Kier alpha value is -4.65. The van der Waals surface area contributed by atoms with Gasteiger partial charge in [-0.1, -0.05) is 36.4 Å². The van der Waals surface area contributed by atoms with Crippen molar-refractivity contribution in [1.82, 2.24) is 10.4 Å². The number of ether oxygens (including phenoxy) is 2. The highest BCUT2D eigenvalue weighted by Crippen LogP contribution is 2.34. The Morgan fingerprint density at radius 3 is 2.49 bits per heavy atom. The number of rotatable bonds is 8. The molecule has 0 spiro atoms. The second-order valence-electron chi connectivity index (χ2n) is 9.24. The molecule has 0 saturated heterocycles. The lowest BCUT2D eigenvalue weighted by Gasteiger charge is -2.12. The topological polar surface area (TPSA) is 92.8 Å². The number of hydrogen-bond acceptors (Lipinski definition) is 5. The Kier molecular flexibility index (Phi) is 8.81. The van der Waals surface area contributed by atoms with Gasteiger partial charge in [-0.05, 0) is 95.2 Å². The molecule has 0 fully saturated rings. The van der Waals surface area contributed by atoms with Crippen molar-refractivity contribution in [1.29, 1.82) is 0 Å². The van der Waals surface area contributed by atoms with Crippen molar-refractivity contribution in [2.45, 2.75) is 13.1 Å². The summed E-state index contributed by atoms with van der Waals surface area (Å²) < 4.78 is 51.2. The molecule has 5 aromatic rings. The number of hydrazone groups is 1. The minimum Gasteiger partial charge on any atom is -0.490 e. The monoisotopic (exact) mass is 697 g/mol. The quantitative estimate of drug-likeness (QED) is 0.0569. The lowest BCUT2D eigenvalue weighted by molar-refractivity contribution is -0.137. The van der Waals surface area contributed by atoms with Gasteiger partial charge in [0.15, 0.2) is 11.5 Å². The van der Waals surface area contributed by atoms with Gasteiger partial charge in [0.2, 0.25) is 0 Å². The van der Waals surface area contributed by atoms with Crippen LogP contribution in [0.15, 0.2) is 96.1 Å². The number of hydrogen-bond donors (Lipinski definition) is 2. The number of carbonyl (C=O) groups is 2. The number of amides is 1. The zero-order chi connectivity index (χ0) is 30.6. The summed E-state index contributed by atoms with van der Waals surface area (Å²) in [4.78, 5) is 29.0. The number of H-pyrrole nitrogens is 1. The van der Waals surface area contributed by atoms with E-state index in [2.05, 4.69) is 38.1 Å². The van der Waals surface area contributed by atoms with Crippen LogP contribution in [0.5, 0.6) is 11.5 Å². The lowest BCUT2D eigenvalue weighted by atomic mass is 10.0. The van der Waals surface area contributed by atoms with Crippen molar-refractivity contribution in [3.8, 4) is 22.6 Å². The molecule has 5 rings (SSSR count). The van der Waals surface area contributed by atoms with Gasteiger partial charge in [0, 0.05) is 20.0 Å². The lowest BCUT2D eigenvalue weighted by Crippen LogP contribution is -2.18. The third-order valence-corrected chi connectivity index (χ3v) is 7.00. The summed E-state index contributed by atoms with van der Waals surface area (Å²) in [6, 6.07) is 23.9. The van der Waals surface area contributed by atoms with Gasteiger partial charge < -0.3 is 14.5 Å². The highest BCUT2D eigenvalue weighted by atomic mass is 127. The number of benzene rings is 4. The maximum Gasteiger partial charge on any atom is 0.416 e. The van der Waals surface area contributed by atoms with Crippen molar-refractivity contribution in [2.75, 3.05) is 6.61 Å². The Balaban J connectivity index is 1.35. The normalized spacial score (nSPS) is 11.6. The number of halogens is 4. The molecule has 7 nitrogen and oxygen atoms in total. The van der Waals surface area contributed by atoms with E-state index in [0.717, 1.165) is 43.8 Å². The van der Waals surface area contributed by atoms with Crippen LogP contribution in [0.25, 0.3) is 22.0 Å². The standard InChI is InChI=1S/C32H23F3IN3O4/c1-2-42-27-15-19(11-14-26(27)43-31(41)21-9-6-10-22(16-21)32(33,34)35)18-37-39-30(40)29-28(20-7-4-3-5-8-20)24-17-23(36)12-13-25(24)38-29/h3-18,38H,2H2,1H3,(H,39,40). The first kappa shape index (κ1) is 29.8. The molecular formula is C32H23F3IN3O4. The van der Waals surface area contributed by atoms with Crippen LogP contribution < -0.4 is 14.9 Å². The van der Waals surface area contributed by atoms with Gasteiger partial charge >= 0.3 is 12.1 Å². The summed E-state index contributed by atoms with van der Waals surface area (Å²) >= 11 is 2.23. The number of aromatic amines is 1. The molecule has 1 aromatic heterocycles. The average Bonchev–Trinajstić information content (AvgIpc) is 3.37. The first-order valence-corrected chi connectivity index (χ1v) is 14.1. The molecule has 0 radical (unpaired) electrons. The van der Waals surface area contributed by atoms with Gasteiger partial charge in [-0.3, -0.25) is 4.79 Å². The summed E-state index contributed by atoms with van der Waals surface area (Å²) in [7, 11) is 0. The summed E-state index contributed by atoms with van der Waals surface area (Å²) in [5, 5.41) is 5.00. The van der Waals surface area contributed by atoms with E-state index in [4.69, 9.17) is 9.47 Å². The molecule has 218 valence electrons. The fourth-order valence-corrected chi connectivity index (χ4v) is 4.89. The van der Waals surface area contributed by atoms with Crippen LogP contribution in [-0.2, 0) is 6.18 Å². The van der Waals surface area contributed by atoms with Gasteiger partial charge in [0.05, 0.1) is 23.9 Å². The summed E-state index contributed by atoms with van der Waals surface area (Å²) in [6.45, 7) is 1.96. The highest BCUT2D eigenvalue weighted by molar-refractivity contribution is 14.1. The van der Waals surface area contributed by atoms with E-state index in [1.54, 1.807) is 13.0 Å². The molecule has 0 aliphatic heterocycles. The van der Waals surface area contributed by atoms with E-state index in [1.807, 2.05) is 48.5 Å². The molecule has 43 heavy (non-hydrogen) atoms. The highest BCUT2D eigenvalue weighted by Gasteiger charge is 2.31. The van der Waals surface area contributed by atoms with Crippen LogP contribution in [0.3, 0.4) is 0 Å². The van der Waals surface area contributed by atoms with E-state index in [0.29, 0.717) is 11.3 Å². The number of alkyl halides is 3. The molecule has 0 aliphatic rings. The van der Waals surface area contributed by atoms with Gasteiger partial charge in [-0.2, -0.15) is 18.3 Å². The zero-order valence-corrected chi connectivity index (χ0v) is 24.7. The van der Waals surface area contributed by atoms with Gasteiger partial charge in [0.25, 0.3) is 5.91 Å². The molecule has 4 aromatic carbocycles. The molecule has 0 bridgehead atoms. The third kappa shape index (κ3) is 6.88. The van der Waals surface area contributed by atoms with E-state index < -0.39 is 23.6 Å². The van der Waals surface area contributed by atoms with Gasteiger partial charge in [0.1, 0.15) is 5.69 Å². The number of nitrogens with zero attached hydrogens (tertiary/aromatic N) is 1. The fourth-order valence-electron chi connectivity index (χ4n) is 4.40. The number of fused-ring (bicyclic) bond motifs is 1. The van der Waals surface area contributed by atoms with E-state index in [9.17, 15) is 22.8 Å². The SMILES string of the molecule is CCOc1cc(C=NNC(=O)c2[nH]c3ccc(I)cc3c2-c2ccccc2)ccc1OC(=O)c1cccc(C(F)(F)F)c1. The predicted molar refractivity (Wildman–Crippen MR) is 166 cm³/mol. The van der Waals surface area contributed by atoms with E-state index >= 15 is 0 Å². The third-order valence-electron chi connectivity index (χ3n) is 6.33. The average molecular weight is 697 g/mol. The van der Waals surface area contributed by atoms with Crippen LogP contribution in [0.2, 0.25) is 0 Å². The Morgan fingerprint density at radius 1 is 0.953 bits per heavy atom. The number of esters is 1. The van der Waals surface area contributed by atoms with Crippen molar-refractivity contribution >= 4 is 51.6 Å². The molecule has 0 aliphatic carbocycles. The molecule has 0 unspecified atom stereocenters. The Labute approximate surface area is 257 Å². The second kappa shape index (κ2) is 12.7. The molecule has 11 heteroatoms. The van der Waals surface area contributed by atoms with Crippen LogP contribution in [0.1, 0.15) is 38.9 Å². The second-order valence-corrected chi connectivity index (χ2v) is 10.5. The van der Waals surface area contributed by atoms with E-state index in [1.165, 1.54) is 24.4 Å². The number of carbonyl (C=O) groups excluding carboxylic acids is 2. The molecule has 2 N–H and O–H groups in total.